The number of aryl methyl sites for hydroxylation is 2. The molecule has 0 bridgehead atoms. The van der Waals surface area contributed by atoms with Gasteiger partial charge in [-0.05, 0) is 25.5 Å². The summed E-state index contributed by atoms with van der Waals surface area (Å²) in [6.07, 6.45) is 0. The van der Waals surface area contributed by atoms with E-state index in [2.05, 4.69) is 15.0 Å². The maximum atomic E-state index is 12.1. The zero-order chi connectivity index (χ0) is 17.8. The fourth-order valence-electron chi connectivity index (χ4n) is 2.32. The first-order valence-corrected chi connectivity index (χ1v) is 9.69. The first-order chi connectivity index (χ1) is 12.0. The number of para-hydroxylation sites is 1. The van der Waals surface area contributed by atoms with E-state index >= 15 is 0 Å². The zero-order valence-corrected chi connectivity index (χ0v) is 15.5. The second-order valence-corrected chi connectivity index (χ2v) is 7.54. The predicted octanol–water partition coefficient (Wildman–Crippen LogP) is 2.97. The molecule has 0 saturated carbocycles. The Morgan fingerprint density at radius 2 is 2.16 bits per heavy atom. The SMILES string of the molecule is Cc1nc(CSCC(=O)OCc2nc3c(C)cccc3c(=O)[nH]2)cs1. The summed E-state index contributed by atoms with van der Waals surface area (Å²) in [5.41, 5.74) is 2.28. The summed E-state index contributed by atoms with van der Waals surface area (Å²) in [5, 5.41) is 3.53. The van der Waals surface area contributed by atoms with Crippen molar-refractivity contribution in [3.05, 3.63) is 56.0 Å². The van der Waals surface area contributed by atoms with E-state index in [-0.39, 0.29) is 23.9 Å². The summed E-state index contributed by atoms with van der Waals surface area (Å²) in [4.78, 5) is 35.3. The van der Waals surface area contributed by atoms with Gasteiger partial charge < -0.3 is 9.72 Å². The van der Waals surface area contributed by atoms with Crippen LogP contribution in [0.4, 0.5) is 0 Å². The van der Waals surface area contributed by atoms with Crippen molar-refractivity contribution in [2.75, 3.05) is 5.75 Å². The first kappa shape index (κ1) is 17.6. The number of aromatic nitrogens is 3. The number of hydrogen-bond acceptors (Lipinski definition) is 7. The molecular formula is C17H17N3O3S2. The van der Waals surface area contributed by atoms with E-state index in [4.69, 9.17) is 4.74 Å². The smallest absolute Gasteiger partial charge is 0.316 e. The van der Waals surface area contributed by atoms with Gasteiger partial charge in [-0.15, -0.1) is 23.1 Å². The number of ether oxygens (including phenoxy) is 1. The molecule has 0 spiro atoms. The maximum absolute atomic E-state index is 12.1. The van der Waals surface area contributed by atoms with E-state index < -0.39 is 0 Å². The number of carbonyl (C=O) groups is 1. The van der Waals surface area contributed by atoms with E-state index in [0.717, 1.165) is 16.3 Å². The van der Waals surface area contributed by atoms with Crippen LogP contribution < -0.4 is 5.56 Å². The number of esters is 1. The highest BCUT2D eigenvalue weighted by Crippen LogP contribution is 2.16. The average molecular weight is 375 g/mol. The summed E-state index contributed by atoms with van der Waals surface area (Å²) >= 11 is 3.04. The highest BCUT2D eigenvalue weighted by Gasteiger charge is 2.09. The fourth-order valence-corrected chi connectivity index (χ4v) is 3.75. The lowest BCUT2D eigenvalue weighted by Crippen LogP contribution is -2.15. The first-order valence-electron chi connectivity index (χ1n) is 7.66. The molecule has 6 nitrogen and oxygen atoms in total. The third-order valence-corrected chi connectivity index (χ3v) is 5.26. The molecule has 0 amide bonds. The van der Waals surface area contributed by atoms with Gasteiger partial charge >= 0.3 is 5.97 Å². The van der Waals surface area contributed by atoms with Crippen LogP contribution in [0.3, 0.4) is 0 Å². The highest BCUT2D eigenvalue weighted by atomic mass is 32.2. The van der Waals surface area contributed by atoms with Crippen LogP contribution in [0, 0.1) is 13.8 Å². The van der Waals surface area contributed by atoms with Crippen LogP contribution in [0.2, 0.25) is 0 Å². The Kier molecular flexibility index (Phi) is 5.50. The molecule has 0 saturated heterocycles. The molecule has 0 aliphatic carbocycles. The summed E-state index contributed by atoms with van der Waals surface area (Å²) in [6.45, 7) is 3.79. The van der Waals surface area contributed by atoms with Gasteiger partial charge in [-0.25, -0.2) is 9.97 Å². The van der Waals surface area contributed by atoms with Gasteiger partial charge in [0.15, 0.2) is 0 Å². The number of carbonyl (C=O) groups excluding carboxylic acids is 1. The number of benzene rings is 1. The minimum Gasteiger partial charge on any atom is -0.457 e. The van der Waals surface area contributed by atoms with E-state index in [1.165, 1.54) is 11.8 Å². The number of rotatable bonds is 6. The van der Waals surface area contributed by atoms with Crippen molar-refractivity contribution in [3.8, 4) is 0 Å². The molecule has 8 heteroatoms. The quantitative estimate of drug-likeness (QED) is 0.667. The Labute approximate surface area is 152 Å². The minimum atomic E-state index is -0.343. The Balaban J connectivity index is 1.56. The fraction of sp³-hybridized carbons (Fsp3) is 0.294. The second kappa shape index (κ2) is 7.79. The largest absolute Gasteiger partial charge is 0.457 e. The van der Waals surface area contributed by atoms with E-state index in [1.54, 1.807) is 17.4 Å². The molecule has 3 aromatic rings. The Morgan fingerprint density at radius 1 is 1.32 bits per heavy atom. The Morgan fingerprint density at radius 3 is 2.92 bits per heavy atom. The van der Waals surface area contributed by atoms with Gasteiger partial charge in [0.2, 0.25) is 0 Å². The molecule has 25 heavy (non-hydrogen) atoms. The van der Waals surface area contributed by atoms with Crippen molar-refractivity contribution in [2.24, 2.45) is 0 Å². The Hall–Kier alpha value is -2.19. The normalized spacial score (nSPS) is 11.0. The number of hydrogen-bond donors (Lipinski definition) is 1. The molecule has 0 unspecified atom stereocenters. The van der Waals surface area contributed by atoms with Crippen LogP contribution in [-0.4, -0.2) is 26.7 Å². The number of nitrogens with zero attached hydrogens (tertiary/aromatic N) is 2. The van der Waals surface area contributed by atoms with Crippen molar-refractivity contribution in [2.45, 2.75) is 26.2 Å². The summed E-state index contributed by atoms with van der Waals surface area (Å²) in [6, 6.07) is 5.43. The number of nitrogens with one attached hydrogen (secondary N) is 1. The number of thioether (sulfide) groups is 1. The molecule has 3 rings (SSSR count). The molecule has 2 aromatic heterocycles. The van der Waals surface area contributed by atoms with Gasteiger partial charge in [-0.3, -0.25) is 9.59 Å². The third kappa shape index (κ3) is 4.46. The summed E-state index contributed by atoms with van der Waals surface area (Å²) in [5.74, 6) is 0.904. The predicted molar refractivity (Wildman–Crippen MR) is 99.9 cm³/mol. The molecule has 0 aliphatic rings. The van der Waals surface area contributed by atoms with Crippen LogP contribution >= 0.6 is 23.1 Å². The lowest BCUT2D eigenvalue weighted by molar-refractivity contribution is -0.141. The zero-order valence-electron chi connectivity index (χ0n) is 13.9. The molecule has 2 heterocycles. The molecule has 1 aromatic carbocycles. The van der Waals surface area contributed by atoms with Gasteiger partial charge in [0.1, 0.15) is 12.4 Å². The van der Waals surface area contributed by atoms with Gasteiger partial charge in [0.05, 0.1) is 27.4 Å². The minimum absolute atomic E-state index is 0.0469. The molecule has 1 N–H and O–H groups in total. The van der Waals surface area contributed by atoms with Crippen molar-refractivity contribution < 1.29 is 9.53 Å². The number of thiazole rings is 1. The average Bonchev–Trinajstić information content (AvgIpc) is 2.99. The van der Waals surface area contributed by atoms with Crippen molar-refractivity contribution in [1.29, 1.82) is 0 Å². The van der Waals surface area contributed by atoms with Gasteiger partial charge in [0.25, 0.3) is 5.56 Å². The Bertz CT molecular complexity index is 965. The van der Waals surface area contributed by atoms with Crippen LogP contribution in [-0.2, 0) is 21.9 Å². The topological polar surface area (TPSA) is 84.9 Å². The molecule has 130 valence electrons. The van der Waals surface area contributed by atoms with Gasteiger partial charge in [-0.2, -0.15) is 0 Å². The molecule has 0 atom stereocenters. The van der Waals surface area contributed by atoms with Crippen LogP contribution in [0.1, 0.15) is 22.1 Å². The summed E-state index contributed by atoms with van der Waals surface area (Å²) < 4.78 is 5.20. The monoisotopic (exact) mass is 375 g/mol. The standard InChI is InChI=1S/C17H17N3O3S2/c1-10-4-3-5-13-16(10)19-14(20-17(13)22)6-23-15(21)9-24-7-12-8-25-11(2)18-12/h3-5,8H,6-7,9H2,1-2H3,(H,19,20,22). The lowest BCUT2D eigenvalue weighted by atomic mass is 10.1. The van der Waals surface area contributed by atoms with E-state index in [9.17, 15) is 9.59 Å². The molecular weight excluding hydrogens is 358 g/mol. The third-order valence-electron chi connectivity index (χ3n) is 3.49. The van der Waals surface area contributed by atoms with Crippen LogP contribution in [0.25, 0.3) is 10.9 Å². The maximum Gasteiger partial charge on any atom is 0.316 e. The second-order valence-electron chi connectivity index (χ2n) is 5.50. The van der Waals surface area contributed by atoms with E-state index in [1.807, 2.05) is 31.4 Å². The molecule has 0 aliphatic heterocycles. The van der Waals surface area contributed by atoms with E-state index in [0.29, 0.717) is 22.5 Å². The number of aromatic amines is 1. The molecule has 0 radical (unpaired) electrons. The van der Waals surface area contributed by atoms with Crippen LogP contribution in [0.15, 0.2) is 28.4 Å². The highest BCUT2D eigenvalue weighted by molar-refractivity contribution is 7.99. The van der Waals surface area contributed by atoms with Crippen molar-refractivity contribution >= 4 is 40.0 Å². The van der Waals surface area contributed by atoms with Gasteiger partial charge in [0, 0.05) is 11.1 Å². The van der Waals surface area contributed by atoms with Crippen LogP contribution in [0.5, 0.6) is 0 Å². The number of H-pyrrole nitrogens is 1. The van der Waals surface area contributed by atoms with Gasteiger partial charge in [-0.1, -0.05) is 12.1 Å². The number of fused-ring (bicyclic) bond motifs is 1. The summed E-state index contributed by atoms with van der Waals surface area (Å²) in [7, 11) is 0. The van der Waals surface area contributed by atoms with Crippen molar-refractivity contribution in [3.63, 3.8) is 0 Å². The molecule has 0 fully saturated rings. The lowest BCUT2D eigenvalue weighted by Gasteiger charge is -2.06. The van der Waals surface area contributed by atoms with Crippen molar-refractivity contribution in [1.82, 2.24) is 15.0 Å².